The van der Waals surface area contributed by atoms with Gasteiger partial charge in [-0.3, -0.25) is 20.1 Å². The lowest BCUT2D eigenvalue weighted by Crippen LogP contribution is -2.24. The Morgan fingerprint density at radius 2 is 1.50 bits per heavy atom. The topological polar surface area (TPSA) is 72.2 Å². The molecule has 0 atom stereocenters. The molecule has 0 amide bonds. The Hall–Kier alpha value is -3.49. The van der Waals surface area contributed by atoms with Crippen molar-refractivity contribution in [2.24, 2.45) is 0 Å². The molecule has 0 radical (unpaired) electrons. The quantitative estimate of drug-likeness (QED) is 0.455. The summed E-state index contributed by atoms with van der Waals surface area (Å²) in [6.07, 6.45) is -1.56. The van der Waals surface area contributed by atoms with Crippen LogP contribution in [-0.2, 0) is 19.3 Å². The fraction of sp³-hybridized carbons (Fsp3) is 0.158. The summed E-state index contributed by atoms with van der Waals surface area (Å²) >= 11 is 0. The van der Waals surface area contributed by atoms with Crippen molar-refractivity contribution in [3.63, 3.8) is 0 Å². The molecule has 0 aliphatic carbocycles. The second kappa shape index (κ2) is 8.03. The molecule has 9 heteroatoms. The van der Waals surface area contributed by atoms with Gasteiger partial charge in [-0.25, -0.2) is 0 Å². The van der Waals surface area contributed by atoms with E-state index in [1.165, 1.54) is 0 Å². The number of alkyl halides is 3. The maximum atomic E-state index is 13.3. The van der Waals surface area contributed by atoms with Crippen LogP contribution in [0, 0.1) is 10.1 Å². The summed E-state index contributed by atoms with van der Waals surface area (Å²) in [5.74, 6) is 0. The monoisotopic (exact) mass is 388 g/mol. The average Bonchev–Trinajstić information content (AvgIpc) is 2.68. The third-order valence-corrected chi connectivity index (χ3v) is 3.96. The molecule has 1 aromatic carbocycles. The summed E-state index contributed by atoms with van der Waals surface area (Å²) in [5.41, 5.74) is -0.421. The van der Waals surface area contributed by atoms with Crippen molar-refractivity contribution < 1.29 is 18.1 Å². The number of hydrogen-bond acceptors (Lipinski definition) is 5. The zero-order valence-corrected chi connectivity index (χ0v) is 14.5. The Bertz CT molecular complexity index is 909. The molecule has 144 valence electrons. The fourth-order valence-corrected chi connectivity index (χ4v) is 2.66. The number of non-ortho nitro benzene ring substituents is 1. The van der Waals surface area contributed by atoms with Gasteiger partial charge < -0.3 is 4.90 Å². The van der Waals surface area contributed by atoms with Crippen molar-refractivity contribution >= 4 is 11.4 Å². The molecule has 28 heavy (non-hydrogen) atoms. The van der Waals surface area contributed by atoms with Crippen LogP contribution < -0.4 is 4.90 Å². The van der Waals surface area contributed by atoms with Crippen LogP contribution in [0.1, 0.15) is 17.0 Å². The number of nitrogens with zero attached hydrogens (tertiary/aromatic N) is 4. The van der Waals surface area contributed by atoms with E-state index in [-0.39, 0.29) is 18.8 Å². The maximum absolute atomic E-state index is 13.3. The summed E-state index contributed by atoms with van der Waals surface area (Å²) < 4.78 is 39.8. The van der Waals surface area contributed by atoms with E-state index in [9.17, 15) is 23.3 Å². The molecular formula is C19H15F3N4O2. The van der Waals surface area contributed by atoms with Gasteiger partial charge in [0.15, 0.2) is 0 Å². The van der Waals surface area contributed by atoms with Gasteiger partial charge in [0.1, 0.15) is 0 Å². The van der Waals surface area contributed by atoms with Crippen LogP contribution in [-0.4, -0.2) is 14.9 Å². The second-order valence-corrected chi connectivity index (χ2v) is 5.99. The first kappa shape index (κ1) is 19.3. The highest BCUT2D eigenvalue weighted by Gasteiger charge is 2.33. The first-order valence-corrected chi connectivity index (χ1v) is 8.24. The van der Waals surface area contributed by atoms with Crippen molar-refractivity contribution in [3.05, 3.63) is 94.1 Å². The number of hydrogen-bond donors (Lipinski definition) is 0. The van der Waals surface area contributed by atoms with E-state index in [2.05, 4.69) is 9.97 Å². The van der Waals surface area contributed by atoms with E-state index in [4.69, 9.17) is 0 Å². The second-order valence-electron chi connectivity index (χ2n) is 5.99. The maximum Gasteiger partial charge on any atom is 0.416 e. The van der Waals surface area contributed by atoms with E-state index in [1.807, 2.05) is 0 Å². The molecular weight excluding hydrogens is 373 g/mol. The van der Waals surface area contributed by atoms with Crippen LogP contribution in [0.25, 0.3) is 0 Å². The Balaban J connectivity index is 2.05. The number of aromatic nitrogens is 2. The van der Waals surface area contributed by atoms with Gasteiger partial charge in [-0.05, 0) is 30.3 Å². The van der Waals surface area contributed by atoms with Crippen molar-refractivity contribution in [1.29, 1.82) is 0 Å². The third kappa shape index (κ3) is 4.81. The zero-order chi connectivity index (χ0) is 20.1. The Kier molecular flexibility index (Phi) is 5.53. The molecule has 0 aliphatic heterocycles. The highest BCUT2D eigenvalue weighted by molar-refractivity contribution is 5.57. The number of nitro groups is 1. The minimum Gasteiger partial charge on any atom is -0.360 e. The summed E-state index contributed by atoms with van der Waals surface area (Å²) in [6.45, 7) is 0.325. The molecule has 3 aromatic rings. The number of anilines is 1. The molecule has 0 aliphatic rings. The molecule has 0 spiro atoms. The van der Waals surface area contributed by atoms with Crippen molar-refractivity contribution in [2.75, 3.05) is 4.90 Å². The summed E-state index contributed by atoms with van der Waals surface area (Å²) in [4.78, 5) is 20.3. The van der Waals surface area contributed by atoms with Gasteiger partial charge in [-0.1, -0.05) is 12.1 Å². The lowest BCUT2D eigenvalue weighted by Gasteiger charge is -2.25. The number of halogens is 3. The van der Waals surface area contributed by atoms with E-state index < -0.39 is 22.4 Å². The highest BCUT2D eigenvalue weighted by atomic mass is 19.4. The molecule has 2 aromatic heterocycles. The highest BCUT2D eigenvalue weighted by Crippen LogP contribution is 2.35. The summed E-state index contributed by atoms with van der Waals surface area (Å²) in [5, 5.41) is 11.2. The van der Waals surface area contributed by atoms with Crippen LogP contribution in [0.4, 0.5) is 24.5 Å². The summed E-state index contributed by atoms with van der Waals surface area (Å²) in [6, 6.07) is 13.0. The van der Waals surface area contributed by atoms with E-state index in [0.29, 0.717) is 17.5 Å². The standard InChI is InChI=1S/C19H15F3N4O2/c20-19(21,22)14-9-17(11-18(10-14)26(27)28)25(12-15-5-1-3-7-23-15)13-16-6-2-4-8-24-16/h1-11H,12-13H2. The number of nitro benzene ring substituents is 1. The van der Waals surface area contributed by atoms with E-state index >= 15 is 0 Å². The molecule has 6 nitrogen and oxygen atoms in total. The van der Waals surface area contributed by atoms with Crippen LogP contribution in [0.5, 0.6) is 0 Å². The molecule has 0 fully saturated rings. The van der Waals surface area contributed by atoms with Crippen molar-refractivity contribution in [2.45, 2.75) is 19.3 Å². The van der Waals surface area contributed by atoms with Crippen LogP contribution in [0.3, 0.4) is 0 Å². The Labute approximate surface area is 158 Å². The lowest BCUT2D eigenvalue weighted by atomic mass is 10.1. The smallest absolute Gasteiger partial charge is 0.360 e. The first-order valence-electron chi connectivity index (χ1n) is 8.24. The van der Waals surface area contributed by atoms with Gasteiger partial charge in [0.25, 0.3) is 5.69 Å². The van der Waals surface area contributed by atoms with Crippen LogP contribution >= 0.6 is 0 Å². The minimum absolute atomic E-state index is 0.0674. The van der Waals surface area contributed by atoms with Gasteiger partial charge >= 0.3 is 6.18 Å². The number of pyridine rings is 2. The van der Waals surface area contributed by atoms with Crippen molar-refractivity contribution in [1.82, 2.24) is 9.97 Å². The molecule has 0 N–H and O–H groups in total. The molecule has 0 saturated carbocycles. The van der Waals surface area contributed by atoms with Gasteiger partial charge in [-0.15, -0.1) is 0 Å². The fourth-order valence-electron chi connectivity index (χ4n) is 2.66. The molecule has 3 rings (SSSR count). The SMILES string of the molecule is O=[N+]([O-])c1cc(N(Cc2ccccn2)Cc2ccccn2)cc(C(F)(F)F)c1. The summed E-state index contributed by atoms with van der Waals surface area (Å²) in [7, 11) is 0. The Morgan fingerprint density at radius 3 is 1.93 bits per heavy atom. The largest absolute Gasteiger partial charge is 0.416 e. The predicted octanol–water partition coefficient (Wildman–Crippen LogP) is 4.61. The third-order valence-electron chi connectivity index (χ3n) is 3.96. The van der Waals surface area contributed by atoms with Crippen LogP contribution in [0.15, 0.2) is 67.0 Å². The predicted molar refractivity (Wildman–Crippen MR) is 96.5 cm³/mol. The molecule has 0 unspecified atom stereocenters. The zero-order valence-electron chi connectivity index (χ0n) is 14.5. The van der Waals surface area contributed by atoms with E-state index in [1.54, 1.807) is 53.7 Å². The van der Waals surface area contributed by atoms with Gasteiger partial charge in [0.05, 0.1) is 35.0 Å². The molecule has 2 heterocycles. The average molecular weight is 388 g/mol. The van der Waals surface area contributed by atoms with Gasteiger partial charge in [0, 0.05) is 30.2 Å². The van der Waals surface area contributed by atoms with Gasteiger partial charge in [-0.2, -0.15) is 13.2 Å². The van der Waals surface area contributed by atoms with Gasteiger partial charge in [0.2, 0.25) is 0 Å². The number of benzene rings is 1. The Morgan fingerprint density at radius 1 is 0.929 bits per heavy atom. The number of rotatable bonds is 6. The molecule has 0 bridgehead atoms. The normalized spacial score (nSPS) is 11.2. The lowest BCUT2D eigenvalue weighted by molar-refractivity contribution is -0.385. The van der Waals surface area contributed by atoms with E-state index in [0.717, 1.165) is 12.1 Å². The van der Waals surface area contributed by atoms with Crippen LogP contribution in [0.2, 0.25) is 0 Å². The minimum atomic E-state index is -4.71. The molecule has 0 saturated heterocycles. The van der Waals surface area contributed by atoms with Crippen molar-refractivity contribution in [3.8, 4) is 0 Å². The first-order chi connectivity index (χ1) is 13.3.